The molecule has 1 saturated heterocycles. The monoisotopic (exact) mass is 487 g/mol. The molecular formula is C24H30ClN5O2S. The Kier molecular flexibility index (Phi) is 9.05. The average molecular weight is 488 g/mol. The van der Waals surface area contributed by atoms with Gasteiger partial charge in [0.2, 0.25) is 6.41 Å². The lowest BCUT2D eigenvalue weighted by atomic mass is 10.1. The third-order valence-electron chi connectivity index (χ3n) is 5.67. The van der Waals surface area contributed by atoms with Crippen molar-refractivity contribution in [2.45, 2.75) is 32.7 Å². The molecule has 0 radical (unpaired) electrons. The van der Waals surface area contributed by atoms with Gasteiger partial charge in [0.05, 0.1) is 20.9 Å². The number of rotatable bonds is 7. The zero-order valence-corrected chi connectivity index (χ0v) is 20.7. The molecule has 1 unspecified atom stereocenters. The van der Waals surface area contributed by atoms with Gasteiger partial charge in [0.1, 0.15) is 0 Å². The van der Waals surface area contributed by atoms with Crippen molar-refractivity contribution in [3.05, 3.63) is 52.5 Å². The Labute approximate surface area is 203 Å². The van der Waals surface area contributed by atoms with E-state index in [-0.39, 0.29) is 5.91 Å². The maximum atomic E-state index is 12.4. The normalized spacial score (nSPS) is 15.6. The first-order valence-corrected chi connectivity index (χ1v) is 12.2. The van der Waals surface area contributed by atoms with E-state index in [1.54, 1.807) is 12.1 Å². The molecule has 7 nitrogen and oxygen atoms in total. The van der Waals surface area contributed by atoms with Gasteiger partial charge in [0.15, 0.2) is 5.13 Å². The highest BCUT2D eigenvalue weighted by Gasteiger charge is 2.21. The van der Waals surface area contributed by atoms with Crippen LogP contribution in [0.3, 0.4) is 0 Å². The predicted molar refractivity (Wildman–Crippen MR) is 138 cm³/mol. The van der Waals surface area contributed by atoms with Crippen LogP contribution in [-0.4, -0.2) is 54.9 Å². The second kappa shape index (κ2) is 12.0. The van der Waals surface area contributed by atoms with Crippen LogP contribution in [-0.2, 0) is 4.79 Å². The molecule has 1 aliphatic heterocycles. The minimum atomic E-state index is -0.183. The van der Waals surface area contributed by atoms with Gasteiger partial charge in [0, 0.05) is 25.2 Å². The zero-order valence-electron chi connectivity index (χ0n) is 19.2. The largest absolute Gasteiger partial charge is 0.365 e. The SMILES string of the molecule is CCN1CCCC1CNC=O.CNc1nc2ccc(C(=O)Nc3c(C)cccc3Cl)cc2s1. The summed E-state index contributed by atoms with van der Waals surface area (Å²) >= 11 is 7.66. The van der Waals surface area contributed by atoms with E-state index in [2.05, 4.69) is 32.8 Å². The summed E-state index contributed by atoms with van der Waals surface area (Å²) in [6.07, 6.45) is 3.29. The Balaban J connectivity index is 0.000000235. The van der Waals surface area contributed by atoms with Crippen LogP contribution in [0, 0.1) is 6.92 Å². The van der Waals surface area contributed by atoms with Crippen LogP contribution < -0.4 is 16.0 Å². The number of anilines is 2. The van der Waals surface area contributed by atoms with Crippen LogP contribution >= 0.6 is 22.9 Å². The summed E-state index contributed by atoms with van der Waals surface area (Å²) in [4.78, 5) is 29.3. The van der Waals surface area contributed by atoms with Crippen molar-refractivity contribution in [1.82, 2.24) is 15.2 Å². The molecule has 1 aliphatic rings. The summed E-state index contributed by atoms with van der Waals surface area (Å²) in [5, 5.41) is 9.98. The quantitative estimate of drug-likeness (QED) is 0.418. The molecule has 1 fully saturated rings. The minimum Gasteiger partial charge on any atom is -0.365 e. The lowest BCUT2D eigenvalue weighted by molar-refractivity contribution is -0.109. The molecule has 0 bridgehead atoms. The van der Waals surface area contributed by atoms with Gasteiger partial charge in [-0.3, -0.25) is 14.5 Å². The van der Waals surface area contributed by atoms with Crippen molar-refractivity contribution < 1.29 is 9.59 Å². The maximum absolute atomic E-state index is 12.4. The second-order valence-corrected chi connectivity index (χ2v) is 9.23. The van der Waals surface area contributed by atoms with Crippen LogP contribution in [0.4, 0.5) is 10.8 Å². The highest BCUT2D eigenvalue weighted by Crippen LogP contribution is 2.28. The topological polar surface area (TPSA) is 86.4 Å². The number of nitrogens with zero attached hydrogens (tertiary/aromatic N) is 2. The van der Waals surface area contributed by atoms with Crippen molar-refractivity contribution in [2.24, 2.45) is 0 Å². The molecule has 2 heterocycles. The van der Waals surface area contributed by atoms with E-state index in [4.69, 9.17) is 11.6 Å². The number of benzene rings is 2. The van der Waals surface area contributed by atoms with Crippen LogP contribution in [0.15, 0.2) is 36.4 Å². The summed E-state index contributed by atoms with van der Waals surface area (Å²) < 4.78 is 0.966. The molecule has 4 rings (SSSR count). The average Bonchev–Trinajstić information content (AvgIpc) is 3.46. The van der Waals surface area contributed by atoms with Gasteiger partial charge in [-0.05, 0) is 62.7 Å². The fourth-order valence-corrected chi connectivity index (χ4v) is 5.00. The highest BCUT2D eigenvalue weighted by atomic mass is 35.5. The molecule has 176 valence electrons. The molecule has 0 aliphatic carbocycles. The summed E-state index contributed by atoms with van der Waals surface area (Å²) in [7, 11) is 1.82. The van der Waals surface area contributed by atoms with E-state index in [1.807, 2.05) is 38.2 Å². The molecular weight excluding hydrogens is 458 g/mol. The number of hydrogen-bond acceptors (Lipinski definition) is 6. The molecule has 1 aromatic heterocycles. The Morgan fingerprint density at radius 1 is 1.33 bits per heavy atom. The summed E-state index contributed by atoms with van der Waals surface area (Å²) in [6, 6.07) is 11.6. The van der Waals surface area contributed by atoms with Crippen molar-refractivity contribution in [3.8, 4) is 0 Å². The predicted octanol–water partition coefficient (Wildman–Crippen LogP) is 4.77. The van der Waals surface area contributed by atoms with Gasteiger partial charge >= 0.3 is 0 Å². The number of nitrogens with one attached hydrogen (secondary N) is 3. The number of carbonyl (C=O) groups is 2. The van der Waals surface area contributed by atoms with Gasteiger partial charge < -0.3 is 16.0 Å². The molecule has 3 aromatic rings. The van der Waals surface area contributed by atoms with Crippen LogP contribution in [0.1, 0.15) is 35.7 Å². The Morgan fingerprint density at radius 3 is 2.85 bits per heavy atom. The third-order valence-corrected chi connectivity index (χ3v) is 7.02. The molecule has 33 heavy (non-hydrogen) atoms. The van der Waals surface area contributed by atoms with Crippen LogP contribution in [0.2, 0.25) is 5.02 Å². The first-order chi connectivity index (χ1) is 16.0. The Hall–Kier alpha value is -2.68. The summed E-state index contributed by atoms with van der Waals surface area (Å²) in [5.74, 6) is -0.183. The van der Waals surface area contributed by atoms with E-state index >= 15 is 0 Å². The van der Waals surface area contributed by atoms with Gasteiger partial charge in [0.25, 0.3) is 5.91 Å². The molecule has 9 heteroatoms. The molecule has 0 spiro atoms. The molecule has 0 saturated carbocycles. The van der Waals surface area contributed by atoms with E-state index in [9.17, 15) is 9.59 Å². The van der Waals surface area contributed by atoms with Crippen molar-refractivity contribution >= 4 is 56.3 Å². The Bertz CT molecular complexity index is 1080. The van der Waals surface area contributed by atoms with Gasteiger partial charge in [-0.15, -0.1) is 0 Å². The lowest BCUT2D eigenvalue weighted by Gasteiger charge is -2.21. The number of aromatic nitrogens is 1. The number of fused-ring (bicyclic) bond motifs is 1. The number of likely N-dealkylation sites (N-methyl/N-ethyl adjacent to an activating group) is 1. The van der Waals surface area contributed by atoms with E-state index in [1.165, 1.54) is 30.7 Å². The first kappa shape index (κ1) is 25.0. The number of amides is 2. The van der Waals surface area contributed by atoms with Crippen molar-refractivity contribution in [1.29, 1.82) is 0 Å². The second-order valence-electron chi connectivity index (χ2n) is 7.79. The lowest BCUT2D eigenvalue weighted by Crippen LogP contribution is -2.37. The molecule has 2 amide bonds. The molecule has 1 atom stereocenters. The molecule has 2 aromatic carbocycles. The number of aryl methyl sites for hydroxylation is 1. The van der Waals surface area contributed by atoms with E-state index in [0.29, 0.717) is 22.3 Å². The van der Waals surface area contributed by atoms with Crippen molar-refractivity contribution in [3.63, 3.8) is 0 Å². The fraction of sp³-hybridized carbons (Fsp3) is 0.375. The van der Waals surface area contributed by atoms with Gasteiger partial charge in [-0.2, -0.15) is 0 Å². The zero-order chi connectivity index (χ0) is 23.8. The maximum Gasteiger partial charge on any atom is 0.255 e. The Morgan fingerprint density at radius 2 is 2.15 bits per heavy atom. The summed E-state index contributed by atoms with van der Waals surface area (Å²) in [5.41, 5.74) is 3.03. The number of carbonyl (C=O) groups excluding carboxylic acids is 2. The van der Waals surface area contributed by atoms with E-state index in [0.717, 1.165) is 40.4 Å². The van der Waals surface area contributed by atoms with Gasteiger partial charge in [-0.1, -0.05) is 42.0 Å². The number of thiazole rings is 1. The number of halogens is 1. The standard InChI is InChI=1S/C16H14ClN3OS.C8H16N2O/c1-9-4-3-5-11(17)14(9)20-15(21)10-6-7-12-13(8-10)22-16(18-2)19-12;1-2-10-5-3-4-8(10)6-9-7-11/h3-8H,1-2H3,(H,18,19)(H,20,21);7-8H,2-6H2,1H3,(H,9,11). The third kappa shape index (κ3) is 6.43. The number of hydrogen-bond donors (Lipinski definition) is 3. The minimum absolute atomic E-state index is 0.183. The van der Waals surface area contributed by atoms with Crippen molar-refractivity contribution in [2.75, 3.05) is 37.3 Å². The van der Waals surface area contributed by atoms with Gasteiger partial charge in [-0.25, -0.2) is 4.98 Å². The van der Waals surface area contributed by atoms with Crippen LogP contribution in [0.25, 0.3) is 10.2 Å². The number of likely N-dealkylation sites (tertiary alicyclic amines) is 1. The van der Waals surface area contributed by atoms with Crippen LogP contribution in [0.5, 0.6) is 0 Å². The van der Waals surface area contributed by atoms with E-state index < -0.39 is 0 Å². The highest BCUT2D eigenvalue weighted by molar-refractivity contribution is 7.22. The number of para-hydroxylation sites is 1. The first-order valence-electron chi connectivity index (χ1n) is 11.0. The molecule has 3 N–H and O–H groups in total. The smallest absolute Gasteiger partial charge is 0.255 e. The summed E-state index contributed by atoms with van der Waals surface area (Å²) in [6.45, 7) is 7.19. The fourth-order valence-electron chi connectivity index (χ4n) is 3.88.